The standard InChI is InChI=1S/C18H23N5O4S/c24-23(25)15-6-7-17(18(13-15)28(26,27)21-10-1-2-11-21)20-9-3-5-16(14-20)22-12-4-8-19-22/h4,6-8,12-13,16H,1-3,5,9-11,14H2. The summed E-state index contributed by atoms with van der Waals surface area (Å²) in [5.74, 6) is 0. The number of hydrogen-bond donors (Lipinski definition) is 0. The van der Waals surface area contributed by atoms with Crippen LogP contribution in [-0.2, 0) is 10.0 Å². The maximum Gasteiger partial charge on any atom is 0.270 e. The van der Waals surface area contributed by atoms with Gasteiger partial charge in [0.1, 0.15) is 4.90 Å². The summed E-state index contributed by atoms with van der Waals surface area (Å²) in [4.78, 5) is 12.8. The summed E-state index contributed by atoms with van der Waals surface area (Å²) < 4.78 is 29.8. The van der Waals surface area contributed by atoms with Crippen LogP contribution in [0.15, 0.2) is 41.6 Å². The van der Waals surface area contributed by atoms with E-state index in [-0.39, 0.29) is 16.6 Å². The molecule has 2 fully saturated rings. The van der Waals surface area contributed by atoms with Gasteiger partial charge in [0.25, 0.3) is 5.69 Å². The van der Waals surface area contributed by atoms with Crippen LogP contribution in [0.1, 0.15) is 31.7 Å². The Hall–Kier alpha value is -2.46. The summed E-state index contributed by atoms with van der Waals surface area (Å²) >= 11 is 0. The summed E-state index contributed by atoms with van der Waals surface area (Å²) in [5.41, 5.74) is 0.330. The number of hydrogen-bond acceptors (Lipinski definition) is 6. The lowest BCUT2D eigenvalue weighted by molar-refractivity contribution is -0.385. The van der Waals surface area contributed by atoms with E-state index in [0.717, 1.165) is 25.7 Å². The Morgan fingerprint density at radius 3 is 2.61 bits per heavy atom. The van der Waals surface area contributed by atoms with Gasteiger partial charge in [0.2, 0.25) is 10.0 Å². The third-order valence-electron chi connectivity index (χ3n) is 5.47. The highest BCUT2D eigenvalue weighted by atomic mass is 32.2. The van der Waals surface area contributed by atoms with Crippen LogP contribution in [0.2, 0.25) is 0 Å². The zero-order valence-electron chi connectivity index (χ0n) is 15.5. The zero-order valence-corrected chi connectivity index (χ0v) is 16.3. The first-order chi connectivity index (χ1) is 13.5. The molecule has 1 aromatic heterocycles. The van der Waals surface area contributed by atoms with Gasteiger partial charge in [-0.15, -0.1) is 0 Å². The Balaban J connectivity index is 1.72. The van der Waals surface area contributed by atoms with Crippen LogP contribution in [0.3, 0.4) is 0 Å². The molecule has 3 heterocycles. The molecule has 2 aliphatic rings. The van der Waals surface area contributed by atoms with Gasteiger partial charge in [0.15, 0.2) is 0 Å². The molecule has 9 nitrogen and oxygen atoms in total. The predicted octanol–water partition coefficient (Wildman–Crippen LogP) is 2.42. The van der Waals surface area contributed by atoms with E-state index in [0.29, 0.717) is 31.9 Å². The Morgan fingerprint density at radius 1 is 1.14 bits per heavy atom. The van der Waals surface area contributed by atoms with Crippen LogP contribution < -0.4 is 4.90 Å². The van der Waals surface area contributed by atoms with Crippen molar-refractivity contribution in [3.8, 4) is 0 Å². The molecule has 1 atom stereocenters. The SMILES string of the molecule is O=[N+]([O-])c1ccc(N2CCCC(n3cccn3)C2)c(S(=O)(=O)N2CCCC2)c1. The highest BCUT2D eigenvalue weighted by Gasteiger charge is 2.33. The topological polar surface area (TPSA) is 102 Å². The fraction of sp³-hybridized carbons (Fsp3) is 0.500. The number of piperidine rings is 1. The van der Waals surface area contributed by atoms with Crippen molar-refractivity contribution >= 4 is 21.4 Å². The largest absolute Gasteiger partial charge is 0.368 e. The molecule has 2 saturated heterocycles. The fourth-order valence-electron chi connectivity index (χ4n) is 4.04. The average Bonchev–Trinajstić information content (AvgIpc) is 3.41. The van der Waals surface area contributed by atoms with Gasteiger partial charge in [-0.2, -0.15) is 9.40 Å². The van der Waals surface area contributed by atoms with E-state index in [1.165, 1.54) is 16.4 Å². The van der Waals surface area contributed by atoms with E-state index in [2.05, 4.69) is 5.10 Å². The summed E-state index contributed by atoms with van der Waals surface area (Å²) in [5, 5.41) is 15.6. The molecule has 10 heteroatoms. The molecule has 2 aliphatic heterocycles. The highest BCUT2D eigenvalue weighted by molar-refractivity contribution is 7.89. The maximum atomic E-state index is 13.2. The van der Waals surface area contributed by atoms with Crippen LogP contribution in [0.5, 0.6) is 0 Å². The number of sulfonamides is 1. The molecule has 0 aliphatic carbocycles. The molecule has 0 N–H and O–H groups in total. The highest BCUT2D eigenvalue weighted by Crippen LogP contribution is 2.35. The number of nitro groups is 1. The lowest BCUT2D eigenvalue weighted by Gasteiger charge is -2.35. The second-order valence-corrected chi connectivity index (χ2v) is 9.15. The van der Waals surface area contributed by atoms with E-state index in [4.69, 9.17) is 0 Å². The lowest BCUT2D eigenvalue weighted by atomic mass is 10.0. The zero-order chi connectivity index (χ0) is 19.7. The number of non-ortho nitro benzene ring substituents is 1. The molecule has 2 aromatic rings. The molecular weight excluding hydrogens is 382 g/mol. The van der Waals surface area contributed by atoms with Crippen LogP contribution in [0.25, 0.3) is 0 Å². The predicted molar refractivity (Wildman–Crippen MR) is 104 cm³/mol. The van der Waals surface area contributed by atoms with Crippen molar-refractivity contribution in [2.75, 3.05) is 31.1 Å². The average molecular weight is 405 g/mol. The summed E-state index contributed by atoms with van der Waals surface area (Å²) in [6.07, 6.45) is 7.12. The second kappa shape index (κ2) is 7.51. The van der Waals surface area contributed by atoms with Crippen LogP contribution in [0.4, 0.5) is 11.4 Å². The van der Waals surface area contributed by atoms with E-state index in [1.807, 2.05) is 21.8 Å². The minimum absolute atomic E-state index is 0.0321. The second-order valence-electron chi connectivity index (χ2n) is 7.25. The molecule has 0 saturated carbocycles. The number of anilines is 1. The van der Waals surface area contributed by atoms with Crippen molar-refractivity contribution < 1.29 is 13.3 Å². The van der Waals surface area contributed by atoms with Crippen LogP contribution in [0, 0.1) is 10.1 Å². The molecule has 0 spiro atoms. The first-order valence-corrected chi connectivity index (χ1v) is 10.9. The fourth-order valence-corrected chi connectivity index (χ4v) is 5.79. The van der Waals surface area contributed by atoms with Crippen molar-refractivity contribution in [1.82, 2.24) is 14.1 Å². The molecular formula is C18H23N5O4S. The van der Waals surface area contributed by atoms with Gasteiger partial charge in [0.05, 0.1) is 16.7 Å². The van der Waals surface area contributed by atoms with E-state index in [1.54, 1.807) is 12.3 Å². The Bertz CT molecular complexity index is 954. The smallest absolute Gasteiger partial charge is 0.270 e. The summed E-state index contributed by atoms with van der Waals surface area (Å²) in [6, 6.07) is 6.18. The van der Waals surface area contributed by atoms with Gasteiger partial charge in [-0.3, -0.25) is 14.8 Å². The van der Waals surface area contributed by atoms with Gasteiger partial charge >= 0.3 is 0 Å². The van der Waals surface area contributed by atoms with Crippen molar-refractivity contribution in [3.05, 3.63) is 46.8 Å². The van der Waals surface area contributed by atoms with Gasteiger partial charge in [0, 0.05) is 50.7 Å². The quantitative estimate of drug-likeness (QED) is 0.559. The van der Waals surface area contributed by atoms with Gasteiger partial charge in [-0.05, 0) is 37.8 Å². The number of aromatic nitrogens is 2. The molecule has 150 valence electrons. The van der Waals surface area contributed by atoms with E-state index in [9.17, 15) is 18.5 Å². The van der Waals surface area contributed by atoms with E-state index < -0.39 is 14.9 Å². The third kappa shape index (κ3) is 3.49. The normalized spacial score (nSPS) is 21.1. The number of nitrogens with zero attached hydrogens (tertiary/aromatic N) is 5. The Morgan fingerprint density at radius 2 is 1.93 bits per heavy atom. The number of nitro benzene ring substituents is 1. The van der Waals surface area contributed by atoms with Crippen LogP contribution >= 0.6 is 0 Å². The first kappa shape index (κ1) is 18.9. The monoisotopic (exact) mass is 405 g/mol. The summed E-state index contributed by atoms with van der Waals surface area (Å²) in [6.45, 7) is 2.24. The Labute approximate surface area is 163 Å². The molecule has 0 radical (unpaired) electrons. The number of rotatable bonds is 5. The van der Waals surface area contributed by atoms with Crippen molar-refractivity contribution in [2.24, 2.45) is 0 Å². The maximum absolute atomic E-state index is 13.2. The molecule has 1 aromatic carbocycles. The molecule has 28 heavy (non-hydrogen) atoms. The van der Waals surface area contributed by atoms with Gasteiger partial charge in [-0.1, -0.05) is 0 Å². The molecule has 4 rings (SSSR count). The third-order valence-corrected chi connectivity index (χ3v) is 7.40. The lowest BCUT2D eigenvalue weighted by Crippen LogP contribution is -2.38. The van der Waals surface area contributed by atoms with E-state index >= 15 is 0 Å². The van der Waals surface area contributed by atoms with Crippen molar-refractivity contribution in [3.63, 3.8) is 0 Å². The summed E-state index contributed by atoms with van der Waals surface area (Å²) in [7, 11) is -3.78. The molecule has 0 bridgehead atoms. The van der Waals surface area contributed by atoms with Crippen LogP contribution in [-0.4, -0.2) is 53.6 Å². The minimum Gasteiger partial charge on any atom is -0.368 e. The van der Waals surface area contributed by atoms with Crippen molar-refractivity contribution in [2.45, 2.75) is 36.6 Å². The van der Waals surface area contributed by atoms with Gasteiger partial charge < -0.3 is 4.90 Å². The number of benzene rings is 1. The van der Waals surface area contributed by atoms with Gasteiger partial charge in [-0.25, -0.2) is 8.42 Å². The first-order valence-electron chi connectivity index (χ1n) is 9.49. The Kier molecular flexibility index (Phi) is 5.07. The molecule has 1 unspecified atom stereocenters. The minimum atomic E-state index is -3.78. The van der Waals surface area contributed by atoms with Crippen molar-refractivity contribution in [1.29, 1.82) is 0 Å². The molecule has 0 amide bonds.